The van der Waals surface area contributed by atoms with Gasteiger partial charge in [0.1, 0.15) is 22.3 Å². The highest BCUT2D eigenvalue weighted by molar-refractivity contribution is 8.00. The third-order valence-corrected chi connectivity index (χ3v) is 8.48. The first-order valence-corrected chi connectivity index (χ1v) is 15.7. The fraction of sp³-hybridized carbons (Fsp3) is 0.0526. The zero-order chi connectivity index (χ0) is 34.0. The van der Waals surface area contributed by atoms with Crippen molar-refractivity contribution in [1.82, 2.24) is 5.32 Å². The van der Waals surface area contributed by atoms with E-state index in [1.54, 1.807) is 60.7 Å². The lowest BCUT2D eigenvalue weighted by atomic mass is 10.1. The van der Waals surface area contributed by atoms with Crippen molar-refractivity contribution in [2.75, 3.05) is 10.6 Å². The molecule has 0 aliphatic heterocycles. The summed E-state index contributed by atoms with van der Waals surface area (Å²) >= 11 is 1.27. The number of carboxylic acids is 1. The number of aromatic carboxylic acids is 1. The van der Waals surface area contributed by atoms with E-state index in [0.717, 1.165) is 21.6 Å². The average Bonchev–Trinajstić information content (AvgIpc) is 3.10. The minimum atomic E-state index is -1.32. The Labute approximate surface area is 281 Å². The Kier molecular flexibility index (Phi) is 10.7. The normalized spacial score (nSPS) is 11.6. The summed E-state index contributed by atoms with van der Waals surface area (Å²) in [6, 6.07) is 36.0. The molecule has 3 amide bonds. The average molecular weight is 658 g/mol. The van der Waals surface area contributed by atoms with Gasteiger partial charge >= 0.3 is 5.97 Å². The summed E-state index contributed by atoms with van der Waals surface area (Å²) < 4.78 is 0. The van der Waals surface area contributed by atoms with Gasteiger partial charge in [-0.15, -0.1) is 11.8 Å². The number of benzene rings is 5. The van der Waals surface area contributed by atoms with Crippen LogP contribution in [0, 0.1) is 6.92 Å². The molecule has 0 radical (unpaired) electrons. The topological polar surface area (TPSA) is 145 Å². The van der Waals surface area contributed by atoms with Crippen LogP contribution < -0.4 is 16.0 Å². The van der Waals surface area contributed by atoms with Gasteiger partial charge in [0.25, 0.3) is 11.8 Å². The SMILES string of the molecule is Cc1ccccc1/C=C(\NC(=O)c1ccccc1)C(=O)Nc1ccc(SC(C(=O)Nc2ccc(O)c(C(=O)O)c2)c2ccccc2)cc1. The Balaban J connectivity index is 1.34. The van der Waals surface area contributed by atoms with Gasteiger partial charge < -0.3 is 26.2 Å². The molecule has 0 fully saturated rings. The molecule has 240 valence electrons. The fourth-order valence-corrected chi connectivity index (χ4v) is 5.72. The molecule has 0 aromatic heterocycles. The summed E-state index contributed by atoms with van der Waals surface area (Å²) in [5.41, 5.74) is 3.27. The van der Waals surface area contributed by atoms with Crippen molar-refractivity contribution in [3.05, 3.63) is 161 Å². The van der Waals surface area contributed by atoms with E-state index in [1.807, 2.05) is 61.5 Å². The molecule has 0 aliphatic carbocycles. The van der Waals surface area contributed by atoms with E-state index in [0.29, 0.717) is 11.3 Å². The van der Waals surface area contributed by atoms with Crippen LogP contribution in [0.25, 0.3) is 6.08 Å². The van der Waals surface area contributed by atoms with Gasteiger partial charge in [0.2, 0.25) is 5.91 Å². The summed E-state index contributed by atoms with van der Waals surface area (Å²) in [6.45, 7) is 1.91. The number of thioether (sulfide) groups is 1. The number of carbonyl (C=O) groups excluding carboxylic acids is 3. The number of carbonyl (C=O) groups is 4. The van der Waals surface area contributed by atoms with Gasteiger partial charge in [-0.2, -0.15) is 0 Å². The van der Waals surface area contributed by atoms with Crippen LogP contribution in [0.2, 0.25) is 0 Å². The standard InChI is InChI=1S/C38H31N3O6S/c1-24-10-8-9-15-27(24)22-32(41-35(43)26-13-6-3-7-14-26)36(44)39-28-16-19-30(20-17-28)48-34(25-11-4-2-5-12-25)37(45)40-29-18-21-33(42)31(23-29)38(46)47/h2-23,34,42H,1H3,(H,39,44)(H,40,45)(H,41,43)(H,46,47)/b32-22-. The maximum atomic E-state index is 13.5. The summed E-state index contributed by atoms with van der Waals surface area (Å²) in [7, 11) is 0. The van der Waals surface area contributed by atoms with E-state index in [9.17, 15) is 29.4 Å². The maximum Gasteiger partial charge on any atom is 0.339 e. The molecular weight excluding hydrogens is 626 g/mol. The second-order valence-corrected chi connectivity index (χ2v) is 11.8. The van der Waals surface area contributed by atoms with Gasteiger partial charge in [-0.1, -0.05) is 72.8 Å². The molecule has 9 nitrogen and oxygen atoms in total. The molecule has 0 aliphatic rings. The lowest BCUT2D eigenvalue weighted by molar-refractivity contribution is -0.116. The first-order chi connectivity index (χ1) is 23.2. The molecule has 1 atom stereocenters. The molecule has 0 saturated heterocycles. The number of amides is 3. The van der Waals surface area contributed by atoms with Crippen LogP contribution in [0.15, 0.2) is 138 Å². The monoisotopic (exact) mass is 657 g/mol. The molecule has 1 unspecified atom stereocenters. The number of rotatable bonds is 11. The fourth-order valence-electron chi connectivity index (χ4n) is 4.69. The molecule has 10 heteroatoms. The highest BCUT2D eigenvalue weighted by Crippen LogP contribution is 2.37. The second kappa shape index (κ2) is 15.4. The quantitative estimate of drug-likeness (QED) is 0.0570. The number of aryl methyl sites for hydroxylation is 1. The molecule has 0 bridgehead atoms. The first kappa shape index (κ1) is 33.2. The van der Waals surface area contributed by atoms with E-state index in [-0.39, 0.29) is 16.9 Å². The summed E-state index contributed by atoms with van der Waals surface area (Å²) in [4.78, 5) is 52.2. The third kappa shape index (κ3) is 8.56. The predicted octanol–water partition coefficient (Wildman–Crippen LogP) is 7.28. The van der Waals surface area contributed by atoms with Crippen LogP contribution in [0.5, 0.6) is 5.75 Å². The Morgan fingerprint density at radius 1 is 0.729 bits per heavy atom. The molecule has 48 heavy (non-hydrogen) atoms. The van der Waals surface area contributed by atoms with Gasteiger partial charge in [0.15, 0.2) is 0 Å². The summed E-state index contributed by atoms with van der Waals surface area (Å²) in [5, 5.41) is 26.8. The van der Waals surface area contributed by atoms with Crippen LogP contribution in [-0.2, 0) is 9.59 Å². The highest BCUT2D eigenvalue weighted by atomic mass is 32.2. The number of hydrogen-bond donors (Lipinski definition) is 5. The molecule has 5 aromatic carbocycles. The summed E-state index contributed by atoms with van der Waals surface area (Å²) in [6.07, 6.45) is 1.63. The van der Waals surface area contributed by atoms with Crippen LogP contribution in [0.4, 0.5) is 11.4 Å². The Morgan fingerprint density at radius 2 is 1.35 bits per heavy atom. The van der Waals surface area contributed by atoms with Crippen molar-refractivity contribution in [2.45, 2.75) is 17.1 Å². The second-order valence-electron chi connectivity index (χ2n) is 10.6. The van der Waals surface area contributed by atoms with Gasteiger partial charge in [0.05, 0.1) is 0 Å². The van der Waals surface area contributed by atoms with Crippen molar-refractivity contribution in [3.8, 4) is 5.75 Å². The van der Waals surface area contributed by atoms with E-state index in [1.165, 1.54) is 30.0 Å². The molecule has 0 saturated carbocycles. The molecule has 5 N–H and O–H groups in total. The highest BCUT2D eigenvalue weighted by Gasteiger charge is 2.23. The lowest BCUT2D eigenvalue weighted by Gasteiger charge is -2.18. The van der Waals surface area contributed by atoms with Crippen molar-refractivity contribution in [3.63, 3.8) is 0 Å². The zero-order valence-corrected chi connectivity index (χ0v) is 26.5. The largest absolute Gasteiger partial charge is 0.507 e. The minimum Gasteiger partial charge on any atom is -0.507 e. The van der Waals surface area contributed by atoms with Crippen molar-refractivity contribution < 1.29 is 29.4 Å². The summed E-state index contributed by atoms with van der Waals surface area (Å²) in [5.74, 6) is -3.06. The smallest absolute Gasteiger partial charge is 0.339 e. The molecule has 0 spiro atoms. The Bertz CT molecular complexity index is 1980. The maximum absolute atomic E-state index is 13.5. The number of carboxylic acid groups (broad SMARTS) is 1. The molecule has 5 aromatic rings. The van der Waals surface area contributed by atoms with E-state index < -0.39 is 34.7 Å². The van der Waals surface area contributed by atoms with Crippen LogP contribution in [0.3, 0.4) is 0 Å². The van der Waals surface area contributed by atoms with Gasteiger partial charge in [-0.25, -0.2) is 4.79 Å². The number of hydrogen-bond acceptors (Lipinski definition) is 6. The van der Waals surface area contributed by atoms with Crippen LogP contribution >= 0.6 is 11.8 Å². The van der Waals surface area contributed by atoms with Crippen LogP contribution in [-0.4, -0.2) is 33.9 Å². The van der Waals surface area contributed by atoms with E-state index in [2.05, 4.69) is 16.0 Å². The van der Waals surface area contributed by atoms with Crippen molar-refractivity contribution in [2.24, 2.45) is 0 Å². The zero-order valence-electron chi connectivity index (χ0n) is 25.7. The number of nitrogens with one attached hydrogen (secondary N) is 3. The van der Waals surface area contributed by atoms with Crippen LogP contribution in [0.1, 0.15) is 42.7 Å². The Morgan fingerprint density at radius 3 is 2.02 bits per heavy atom. The molecular formula is C38H31N3O6S. The number of phenols is 1. The third-order valence-electron chi connectivity index (χ3n) is 7.22. The van der Waals surface area contributed by atoms with Gasteiger partial charge in [-0.3, -0.25) is 14.4 Å². The molecule has 5 rings (SSSR count). The number of aromatic hydroxyl groups is 1. The van der Waals surface area contributed by atoms with E-state index in [4.69, 9.17) is 0 Å². The van der Waals surface area contributed by atoms with Crippen molar-refractivity contribution >= 4 is 52.9 Å². The van der Waals surface area contributed by atoms with Gasteiger partial charge in [0, 0.05) is 21.8 Å². The van der Waals surface area contributed by atoms with Gasteiger partial charge in [-0.05, 0) is 84.3 Å². The Hall–Kier alpha value is -6.13. The lowest BCUT2D eigenvalue weighted by Crippen LogP contribution is -2.30. The van der Waals surface area contributed by atoms with Crippen molar-refractivity contribution in [1.29, 1.82) is 0 Å². The predicted molar refractivity (Wildman–Crippen MR) is 187 cm³/mol. The van der Waals surface area contributed by atoms with E-state index >= 15 is 0 Å². The molecule has 0 heterocycles. The minimum absolute atomic E-state index is 0.0673. The number of anilines is 2. The first-order valence-electron chi connectivity index (χ1n) is 14.8.